The molecule has 0 aliphatic carbocycles. The molecule has 2 unspecified atom stereocenters. The minimum Gasteiger partial charge on any atom is -0.376 e. The quantitative estimate of drug-likeness (QED) is 0.879. The second-order valence-electron chi connectivity index (χ2n) is 5.62. The number of rotatable bonds is 5. The summed E-state index contributed by atoms with van der Waals surface area (Å²) in [7, 11) is 0. The summed E-state index contributed by atoms with van der Waals surface area (Å²) in [5, 5.41) is 5.81. The predicted octanol–water partition coefficient (Wildman–Crippen LogP) is 1.63. The fourth-order valence-electron chi connectivity index (χ4n) is 2.71. The van der Waals surface area contributed by atoms with Crippen molar-refractivity contribution >= 4 is 6.03 Å². The molecule has 2 atom stereocenters. The maximum Gasteiger partial charge on any atom is 0.315 e. The first-order chi connectivity index (χ1) is 11.2. The number of urea groups is 1. The average Bonchev–Trinajstić information content (AvgIpc) is 3.26. The van der Waals surface area contributed by atoms with E-state index in [1.807, 2.05) is 29.8 Å². The molecule has 23 heavy (non-hydrogen) atoms. The molecular formula is C16H21N5O2. The van der Waals surface area contributed by atoms with Gasteiger partial charge in [-0.1, -0.05) is 6.07 Å². The number of imidazole rings is 1. The first-order valence-electron chi connectivity index (χ1n) is 7.82. The van der Waals surface area contributed by atoms with Crippen LogP contribution in [0.3, 0.4) is 0 Å². The summed E-state index contributed by atoms with van der Waals surface area (Å²) in [6.07, 6.45) is 9.09. The van der Waals surface area contributed by atoms with Gasteiger partial charge in [0.05, 0.1) is 12.1 Å². The van der Waals surface area contributed by atoms with E-state index in [9.17, 15) is 4.79 Å². The third kappa shape index (κ3) is 3.87. The Balaban J connectivity index is 1.57. The maximum absolute atomic E-state index is 12.1. The second-order valence-corrected chi connectivity index (χ2v) is 5.62. The Kier molecular flexibility index (Phi) is 4.87. The van der Waals surface area contributed by atoms with Gasteiger partial charge in [0.2, 0.25) is 0 Å². The number of hydrogen-bond donors (Lipinski definition) is 2. The van der Waals surface area contributed by atoms with Crippen LogP contribution in [0.2, 0.25) is 0 Å². The molecule has 0 radical (unpaired) electrons. The molecule has 1 saturated heterocycles. The summed E-state index contributed by atoms with van der Waals surface area (Å²) in [4.78, 5) is 20.4. The van der Waals surface area contributed by atoms with E-state index in [1.165, 1.54) is 0 Å². The SMILES string of the molecule is CC(NC(=O)NCc1cccnc1-n1ccnc1)C1CCCO1. The summed E-state index contributed by atoms with van der Waals surface area (Å²) in [5.74, 6) is 0.762. The molecule has 0 spiro atoms. The lowest BCUT2D eigenvalue weighted by atomic mass is 10.1. The van der Waals surface area contributed by atoms with E-state index in [2.05, 4.69) is 20.6 Å². The highest BCUT2D eigenvalue weighted by Crippen LogP contribution is 2.15. The van der Waals surface area contributed by atoms with Crippen molar-refractivity contribution in [2.45, 2.75) is 38.5 Å². The highest BCUT2D eigenvalue weighted by Gasteiger charge is 2.23. The van der Waals surface area contributed by atoms with E-state index in [-0.39, 0.29) is 18.2 Å². The van der Waals surface area contributed by atoms with Gasteiger partial charge < -0.3 is 15.4 Å². The van der Waals surface area contributed by atoms with Crippen LogP contribution in [-0.4, -0.2) is 39.3 Å². The minimum absolute atomic E-state index is 0.000447. The van der Waals surface area contributed by atoms with Crippen molar-refractivity contribution in [2.24, 2.45) is 0 Å². The van der Waals surface area contributed by atoms with Gasteiger partial charge in [-0.05, 0) is 25.8 Å². The highest BCUT2D eigenvalue weighted by molar-refractivity contribution is 5.74. The largest absolute Gasteiger partial charge is 0.376 e. The monoisotopic (exact) mass is 315 g/mol. The molecule has 2 amide bonds. The zero-order chi connectivity index (χ0) is 16.1. The number of carbonyl (C=O) groups is 1. The number of nitrogens with zero attached hydrogens (tertiary/aromatic N) is 3. The Bertz CT molecular complexity index is 638. The van der Waals surface area contributed by atoms with E-state index >= 15 is 0 Å². The molecule has 1 aliphatic heterocycles. The lowest BCUT2D eigenvalue weighted by molar-refractivity contribution is 0.0860. The Morgan fingerprint density at radius 3 is 3.17 bits per heavy atom. The van der Waals surface area contributed by atoms with Crippen molar-refractivity contribution in [3.05, 3.63) is 42.6 Å². The van der Waals surface area contributed by atoms with Crippen LogP contribution < -0.4 is 10.6 Å². The van der Waals surface area contributed by atoms with Crippen LogP contribution >= 0.6 is 0 Å². The summed E-state index contributed by atoms with van der Waals surface area (Å²) >= 11 is 0. The van der Waals surface area contributed by atoms with Crippen LogP contribution in [0.15, 0.2) is 37.1 Å². The van der Waals surface area contributed by atoms with Gasteiger partial charge in [0, 0.05) is 37.3 Å². The lowest BCUT2D eigenvalue weighted by Crippen LogP contribution is -2.45. The average molecular weight is 315 g/mol. The van der Waals surface area contributed by atoms with Gasteiger partial charge in [-0.2, -0.15) is 0 Å². The van der Waals surface area contributed by atoms with Crippen molar-refractivity contribution in [1.29, 1.82) is 0 Å². The molecule has 0 bridgehead atoms. The topological polar surface area (TPSA) is 81.1 Å². The third-order valence-corrected chi connectivity index (χ3v) is 3.94. The summed E-state index contributed by atoms with van der Waals surface area (Å²) in [5.41, 5.74) is 0.922. The molecule has 2 N–H and O–H groups in total. The van der Waals surface area contributed by atoms with Crippen molar-refractivity contribution < 1.29 is 9.53 Å². The molecular weight excluding hydrogens is 294 g/mol. The van der Waals surface area contributed by atoms with Gasteiger partial charge in [-0.3, -0.25) is 4.57 Å². The fourth-order valence-corrected chi connectivity index (χ4v) is 2.71. The third-order valence-electron chi connectivity index (χ3n) is 3.94. The highest BCUT2D eigenvalue weighted by atomic mass is 16.5. The van der Waals surface area contributed by atoms with Crippen LogP contribution in [0.25, 0.3) is 5.82 Å². The van der Waals surface area contributed by atoms with E-state index in [4.69, 9.17) is 4.74 Å². The van der Waals surface area contributed by atoms with E-state index in [0.29, 0.717) is 6.54 Å². The standard InChI is InChI=1S/C16H21N5O2/c1-12(14-5-3-9-23-14)20-16(22)19-10-13-4-2-6-18-15(13)21-8-7-17-11-21/h2,4,6-8,11-12,14H,3,5,9-10H2,1H3,(H2,19,20,22). The first-order valence-corrected chi connectivity index (χ1v) is 7.82. The second kappa shape index (κ2) is 7.23. The van der Waals surface area contributed by atoms with Crippen LogP contribution in [0.1, 0.15) is 25.3 Å². The van der Waals surface area contributed by atoms with E-state index < -0.39 is 0 Å². The smallest absolute Gasteiger partial charge is 0.315 e. The number of aromatic nitrogens is 3. The zero-order valence-electron chi connectivity index (χ0n) is 13.1. The van der Waals surface area contributed by atoms with Gasteiger partial charge in [-0.15, -0.1) is 0 Å². The number of amides is 2. The summed E-state index contributed by atoms with van der Waals surface area (Å²) < 4.78 is 7.41. The summed E-state index contributed by atoms with van der Waals surface area (Å²) in [6, 6.07) is 3.59. The molecule has 1 aliphatic rings. The molecule has 2 aromatic heterocycles. The molecule has 122 valence electrons. The van der Waals surface area contributed by atoms with Crippen molar-refractivity contribution in [1.82, 2.24) is 25.2 Å². The maximum atomic E-state index is 12.1. The number of carbonyl (C=O) groups excluding carboxylic acids is 1. The Morgan fingerprint density at radius 2 is 2.43 bits per heavy atom. The van der Waals surface area contributed by atoms with Crippen molar-refractivity contribution in [2.75, 3.05) is 6.61 Å². The van der Waals surface area contributed by atoms with E-state index in [0.717, 1.165) is 30.8 Å². The molecule has 7 nitrogen and oxygen atoms in total. The molecule has 3 heterocycles. The summed E-state index contributed by atoms with van der Waals surface area (Å²) in [6.45, 7) is 3.14. The number of nitrogens with one attached hydrogen (secondary N) is 2. The Hall–Kier alpha value is -2.41. The van der Waals surface area contributed by atoms with Crippen LogP contribution in [-0.2, 0) is 11.3 Å². The number of hydrogen-bond acceptors (Lipinski definition) is 4. The Morgan fingerprint density at radius 1 is 1.52 bits per heavy atom. The molecule has 2 aromatic rings. The van der Waals surface area contributed by atoms with Gasteiger partial charge in [0.15, 0.2) is 0 Å². The molecule has 3 rings (SSSR count). The van der Waals surface area contributed by atoms with Crippen LogP contribution in [0.4, 0.5) is 4.79 Å². The normalized spacial score (nSPS) is 18.6. The number of pyridine rings is 1. The van der Waals surface area contributed by atoms with Crippen molar-refractivity contribution in [3.8, 4) is 5.82 Å². The fraction of sp³-hybridized carbons (Fsp3) is 0.438. The molecule has 0 aromatic carbocycles. The minimum atomic E-state index is -0.201. The van der Waals surface area contributed by atoms with Gasteiger partial charge >= 0.3 is 6.03 Å². The predicted molar refractivity (Wildman–Crippen MR) is 85.2 cm³/mol. The molecule has 0 saturated carbocycles. The molecule has 1 fully saturated rings. The van der Waals surface area contributed by atoms with E-state index in [1.54, 1.807) is 18.7 Å². The first kappa shape index (κ1) is 15.5. The number of ether oxygens (including phenoxy) is 1. The van der Waals surface area contributed by atoms with Gasteiger partial charge in [-0.25, -0.2) is 14.8 Å². The Labute approximate surface area is 135 Å². The molecule has 7 heteroatoms. The van der Waals surface area contributed by atoms with Crippen molar-refractivity contribution in [3.63, 3.8) is 0 Å². The van der Waals surface area contributed by atoms with Gasteiger partial charge in [0.1, 0.15) is 12.1 Å². The van der Waals surface area contributed by atoms with Crippen LogP contribution in [0, 0.1) is 0 Å². The lowest BCUT2D eigenvalue weighted by Gasteiger charge is -2.20. The zero-order valence-corrected chi connectivity index (χ0v) is 13.1. The van der Waals surface area contributed by atoms with Crippen LogP contribution in [0.5, 0.6) is 0 Å². The van der Waals surface area contributed by atoms with Gasteiger partial charge in [0.25, 0.3) is 0 Å².